The third-order valence-corrected chi connectivity index (χ3v) is 1.96. The topological polar surface area (TPSA) is 17.1 Å². The van der Waals surface area contributed by atoms with Crippen molar-refractivity contribution in [3.05, 3.63) is 23.8 Å². The van der Waals surface area contributed by atoms with Crippen LogP contribution in [0.25, 0.3) is 0 Å². The average Bonchev–Trinajstić information content (AvgIpc) is 2.07. The molecule has 1 nitrogen and oxygen atoms in total. The van der Waals surface area contributed by atoms with Crippen LogP contribution in [0.5, 0.6) is 0 Å². The molecule has 13 heavy (non-hydrogen) atoms. The fourth-order valence-electron chi connectivity index (χ4n) is 1.18. The average molecular weight is 186 g/mol. The number of allylic oxidation sites excluding steroid dienone is 4. The first-order valence-electron chi connectivity index (χ1n) is 4.38. The lowest BCUT2D eigenvalue weighted by atomic mass is 9.99. The molecule has 3 heteroatoms. The SMILES string of the molecule is CCCCC1=CC(F)(F)C(=O)C=C1. The van der Waals surface area contributed by atoms with Gasteiger partial charge in [-0.1, -0.05) is 19.4 Å². The van der Waals surface area contributed by atoms with Gasteiger partial charge in [0.05, 0.1) is 0 Å². The molecular formula is C10H12F2O. The van der Waals surface area contributed by atoms with Gasteiger partial charge in [-0.25, -0.2) is 0 Å². The smallest absolute Gasteiger partial charge is 0.288 e. The summed E-state index contributed by atoms with van der Waals surface area (Å²) < 4.78 is 25.6. The van der Waals surface area contributed by atoms with Crippen LogP contribution in [0.2, 0.25) is 0 Å². The van der Waals surface area contributed by atoms with Crippen molar-refractivity contribution in [2.24, 2.45) is 0 Å². The van der Waals surface area contributed by atoms with Crippen molar-refractivity contribution in [2.45, 2.75) is 32.1 Å². The molecule has 0 heterocycles. The highest BCUT2D eigenvalue weighted by Crippen LogP contribution is 2.26. The first-order valence-corrected chi connectivity index (χ1v) is 4.38. The standard InChI is InChI=1S/C10H12F2O/c1-2-3-4-8-5-6-9(13)10(11,12)7-8/h5-7H,2-4H2,1H3. The van der Waals surface area contributed by atoms with Crippen LogP contribution in [-0.4, -0.2) is 11.7 Å². The van der Waals surface area contributed by atoms with E-state index in [1.54, 1.807) is 0 Å². The quantitative estimate of drug-likeness (QED) is 0.662. The van der Waals surface area contributed by atoms with Crippen molar-refractivity contribution < 1.29 is 13.6 Å². The van der Waals surface area contributed by atoms with Gasteiger partial charge in [-0.05, 0) is 30.6 Å². The second kappa shape index (κ2) is 3.81. The van der Waals surface area contributed by atoms with Crippen LogP contribution in [0.15, 0.2) is 23.8 Å². The Labute approximate surface area is 76.1 Å². The zero-order chi connectivity index (χ0) is 9.90. The number of halogens is 2. The molecular weight excluding hydrogens is 174 g/mol. The second-order valence-corrected chi connectivity index (χ2v) is 3.14. The van der Waals surface area contributed by atoms with Gasteiger partial charge >= 0.3 is 5.92 Å². The maximum Gasteiger partial charge on any atom is 0.328 e. The minimum absolute atomic E-state index is 0.562. The summed E-state index contributed by atoms with van der Waals surface area (Å²) in [5.74, 6) is -4.40. The largest absolute Gasteiger partial charge is 0.328 e. The van der Waals surface area contributed by atoms with E-state index in [2.05, 4.69) is 0 Å². The van der Waals surface area contributed by atoms with E-state index in [1.165, 1.54) is 6.08 Å². The highest BCUT2D eigenvalue weighted by atomic mass is 19.3. The van der Waals surface area contributed by atoms with E-state index in [0.717, 1.165) is 25.0 Å². The molecule has 72 valence electrons. The van der Waals surface area contributed by atoms with Crippen molar-refractivity contribution >= 4 is 5.78 Å². The molecule has 0 unspecified atom stereocenters. The van der Waals surface area contributed by atoms with E-state index < -0.39 is 11.7 Å². The predicted octanol–water partition coefficient (Wildman–Crippen LogP) is 2.88. The normalized spacial score (nSPS) is 20.2. The fraction of sp³-hybridized carbons (Fsp3) is 0.500. The number of carbonyl (C=O) groups is 1. The summed E-state index contributed by atoms with van der Waals surface area (Å²) in [5, 5.41) is 0. The Morgan fingerprint density at radius 2 is 2.08 bits per heavy atom. The Morgan fingerprint density at radius 3 is 2.62 bits per heavy atom. The van der Waals surface area contributed by atoms with Crippen LogP contribution in [0.1, 0.15) is 26.2 Å². The molecule has 1 aliphatic carbocycles. The van der Waals surface area contributed by atoms with Crippen molar-refractivity contribution in [3.63, 3.8) is 0 Å². The number of unbranched alkanes of at least 4 members (excludes halogenated alkanes) is 1. The molecule has 0 saturated heterocycles. The van der Waals surface area contributed by atoms with E-state index in [-0.39, 0.29) is 0 Å². The third kappa shape index (κ3) is 2.47. The van der Waals surface area contributed by atoms with Gasteiger partial charge < -0.3 is 0 Å². The molecule has 0 spiro atoms. The van der Waals surface area contributed by atoms with Crippen LogP contribution >= 0.6 is 0 Å². The molecule has 0 atom stereocenters. The molecule has 0 aromatic rings. The molecule has 0 aliphatic heterocycles. The van der Waals surface area contributed by atoms with Gasteiger partial charge in [-0.2, -0.15) is 8.78 Å². The molecule has 0 aromatic heterocycles. The Kier molecular flexibility index (Phi) is 2.96. The lowest BCUT2D eigenvalue weighted by molar-refractivity contribution is -0.131. The molecule has 1 aliphatic rings. The lowest BCUT2D eigenvalue weighted by Gasteiger charge is -2.14. The van der Waals surface area contributed by atoms with Crippen molar-refractivity contribution in [2.75, 3.05) is 0 Å². The van der Waals surface area contributed by atoms with E-state index in [1.807, 2.05) is 6.92 Å². The number of hydrogen-bond donors (Lipinski definition) is 0. The van der Waals surface area contributed by atoms with Crippen LogP contribution in [-0.2, 0) is 4.79 Å². The second-order valence-electron chi connectivity index (χ2n) is 3.14. The summed E-state index contributed by atoms with van der Waals surface area (Å²) in [6, 6.07) is 0. The van der Waals surface area contributed by atoms with Crippen molar-refractivity contribution in [1.82, 2.24) is 0 Å². The van der Waals surface area contributed by atoms with Gasteiger partial charge in [-0.15, -0.1) is 0 Å². The molecule has 0 saturated carbocycles. The van der Waals surface area contributed by atoms with E-state index in [0.29, 0.717) is 12.0 Å². The van der Waals surface area contributed by atoms with E-state index in [4.69, 9.17) is 0 Å². The Morgan fingerprint density at radius 1 is 1.38 bits per heavy atom. The number of ketones is 1. The zero-order valence-electron chi connectivity index (χ0n) is 7.52. The van der Waals surface area contributed by atoms with Gasteiger partial charge in [-0.3, -0.25) is 4.79 Å². The molecule has 1 rings (SSSR count). The van der Waals surface area contributed by atoms with Crippen LogP contribution in [0, 0.1) is 0 Å². The predicted molar refractivity (Wildman–Crippen MR) is 46.7 cm³/mol. The summed E-state index contributed by atoms with van der Waals surface area (Å²) in [6.07, 6.45) is 5.67. The maximum atomic E-state index is 12.8. The third-order valence-electron chi connectivity index (χ3n) is 1.96. The van der Waals surface area contributed by atoms with Gasteiger partial charge in [0.1, 0.15) is 0 Å². The number of hydrogen-bond acceptors (Lipinski definition) is 1. The van der Waals surface area contributed by atoms with Gasteiger partial charge in [0, 0.05) is 0 Å². The number of carbonyl (C=O) groups excluding carboxylic acids is 1. The molecule has 0 radical (unpaired) electrons. The molecule has 0 N–H and O–H groups in total. The first-order chi connectivity index (χ1) is 6.06. The summed E-state index contributed by atoms with van der Waals surface area (Å²) in [4.78, 5) is 10.7. The Hall–Kier alpha value is -0.990. The highest BCUT2D eigenvalue weighted by Gasteiger charge is 2.36. The van der Waals surface area contributed by atoms with Crippen molar-refractivity contribution in [3.8, 4) is 0 Å². The first kappa shape index (κ1) is 10.1. The van der Waals surface area contributed by atoms with Gasteiger partial charge in [0.15, 0.2) is 0 Å². The van der Waals surface area contributed by atoms with Gasteiger partial charge in [0.2, 0.25) is 5.78 Å². The number of alkyl halides is 2. The fourth-order valence-corrected chi connectivity index (χ4v) is 1.18. The van der Waals surface area contributed by atoms with E-state index >= 15 is 0 Å². The van der Waals surface area contributed by atoms with E-state index in [9.17, 15) is 13.6 Å². The molecule has 0 aromatic carbocycles. The maximum absolute atomic E-state index is 12.8. The lowest BCUT2D eigenvalue weighted by Crippen LogP contribution is -2.26. The van der Waals surface area contributed by atoms with Crippen LogP contribution in [0.3, 0.4) is 0 Å². The summed E-state index contributed by atoms with van der Waals surface area (Å²) in [7, 11) is 0. The monoisotopic (exact) mass is 186 g/mol. The molecule has 0 amide bonds. The summed E-state index contributed by atoms with van der Waals surface area (Å²) in [5.41, 5.74) is 0.562. The molecule has 0 bridgehead atoms. The highest BCUT2D eigenvalue weighted by molar-refractivity contribution is 5.98. The summed E-state index contributed by atoms with van der Waals surface area (Å²) >= 11 is 0. The zero-order valence-corrected chi connectivity index (χ0v) is 7.52. The van der Waals surface area contributed by atoms with Crippen LogP contribution in [0.4, 0.5) is 8.78 Å². The van der Waals surface area contributed by atoms with Crippen LogP contribution < -0.4 is 0 Å². The van der Waals surface area contributed by atoms with Crippen molar-refractivity contribution in [1.29, 1.82) is 0 Å². The number of rotatable bonds is 3. The summed E-state index contributed by atoms with van der Waals surface area (Å²) in [6.45, 7) is 2.00. The molecule has 0 fully saturated rings. The van der Waals surface area contributed by atoms with Gasteiger partial charge in [0.25, 0.3) is 0 Å². The Balaban J connectivity index is 2.68. The minimum atomic E-state index is -3.28. The Bertz CT molecular complexity index is 264. The minimum Gasteiger partial charge on any atom is -0.288 e.